The van der Waals surface area contributed by atoms with E-state index in [-0.39, 0.29) is 11.7 Å². The Hall–Kier alpha value is -1.13. The molecule has 1 aromatic heterocycles. The molecular formula is C11H9ClFNOS. The average molecular weight is 258 g/mol. The number of rotatable bonds is 1. The lowest BCUT2D eigenvalue weighted by molar-refractivity contribution is 0.0832. The van der Waals surface area contributed by atoms with E-state index in [0.717, 1.165) is 5.39 Å². The van der Waals surface area contributed by atoms with Crippen LogP contribution in [0, 0.1) is 5.82 Å². The van der Waals surface area contributed by atoms with Crippen LogP contribution >= 0.6 is 22.9 Å². The second-order valence-electron chi connectivity index (χ2n) is 3.59. The van der Waals surface area contributed by atoms with Gasteiger partial charge >= 0.3 is 0 Å². The van der Waals surface area contributed by atoms with Crippen molar-refractivity contribution in [3.8, 4) is 0 Å². The molecule has 0 unspecified atom stereocenters. The molecule has 2 nitrogen and oxygen atoms in total. The molecule has 0 bridgehead atoms. The predicted molar refractivity (Wildman–Crippen MR) is 64.8 cm³/mol. The molecule has 0 aliphatic carbocycles. The van der Waals surface area contributed by atoms with E-state index in [9.17, 15) is 9.18 Å². The maximum atomic E-state index is 13.0. The Morgan fingerprint density at radius 3 is 2.75 bits per heavy atom. The van der Waals surface area contributed by atoms with Crippen LogP contribution in [0.15, 0.2) is 18.2 Å². The summed E-state index contributed by atoms with van der Waals surface area (Å²) in [5.74, 6) is -0.485. The smallest absolute Gasteiger partial charge is 0.264 e. The number of hydrogen-bond acceptors (Lipinski definition) is 2. The largest absolute Gasteiger partial charge is 0.344 e. The fourth-order valence-electron chi connectivity index (χ4n) is 1.38. The maximum Gasteiger partial charge on any atom is 0.264 e. The van der Waals surface area contributed by atoms with Gasteiger partial charge in [0.25, 0.3) is 5.91 Å². The summed E-state index contributed by atoms with van der Waals surface area (Å²) in [7, 11) is 3.31. The summed E-state index contributed by atoms with van der Waals surface area (Å²) < 4.78 is 13.7. The molecule has 1 heterocycles. The molecule has 5 heteroatoms. The number of carbonyl (C=O) groups excluding carboxylic acids is 1. The highest BCUT2D eigenvalue weighted by Crippen LogP contribution is 2.36. The molecule has 1 amide bonds. The molecule has 0 spiro atoms. The summed E-state index contributed by atoms with van der Waals surface area (Å²) in [4.78, 5) is 13.7. The maximum absolute atomic E-state index is 13.0. The van der Waals surface area contributed by atoms with Crippen LogP contribution in [0.3, 0.4) is 0 Å². The van der Waals surface area contributed by atoms with Crippen molar-refractivity contribution < 1.29 is 9.18 Å². The minimum Gasteiger partial charge on any atom is -0.344 e. The van der Waals surface area contributed by atoms with Crippen molar-refractivity contribution in [3.05, 3.63) is 33.9 Å². The summed E-state index contributed by atoms with van der Waals surface area (Å²) in [6.45, 7) is 0. The van der Waals surface area contributed by atoms with Crippen molar-refractivity contribution in [2.75, 3.05) is 14.1 Å². The first kappa shape index (κ1) is 11.4. The number of benzene rings is 1. The number of thiophene rings is 1. The summed E-state index contributed by atoms with van der Waals surface area (Å²) in [5.41, 5.74) is 0. The molecule has 84 valence electrons. The average Bonchev–Trinajstić information content (AvgIpc) is 2.54. The van der Waals surface area contributed by atoms with Gasteiger partial charge in [0.15, 0.2) is 0 Å². The van der Waals surface area contributed by atoms with E-state index < -0.39 is 0 Å². The van der Waals surface area contributed by atoms with Crippen molar-refractivity contribution in [2.45, 2.75) is 0 Å². The van der Waals surface area contributed by atoms with Gasteiger partial charge in [-0.2, -0.15) is 0 Å². The molecular weight excluding hydrogens is 249 g/mol. The van der Waals surface area contributed by atoms with Gasteiger partial charge < -0.3 is 4.90 Å². The molecule has 0 radical (unpaired) electrons. The van der Waals surface area contributed by atoms with Gasteiger partial charge in [-0.25, -0.2) is 4.39 Å². The van der Waals surface area contributed by atoms with E-state index in [1.807, 2.05) is 0 Å². The molecule has 16 heavy (non-hydrogen) atoms. The van der Waals surface area contributed by atoms with Crippen molar-refractivity contribution in [1.82, 2.24) is 4.90 Å². The van der Waals surface area contributed by atoms with Crippen LogP contribution in [0.2, 0.25) is 5.02 Å². The zero-order valence-electron chi connectivity index (χ0n) is 8.75. The summed E-state index contributed by atoms with van der Waals surface area (Å²) in [6.07, 6.45) is 0. The third-order valence-electron chi connectivity index (χ3n) is 2.19. The monoisotopic (exact) mass is 257 g/mol. The summed E-state index contributed by atoms with van der Waals surface area (Å²) in [6, 6.07) is 4.32. The molecule has 2 aromatic rings. The van der Waals surface area contributed by atoms with E-state index in [0.29, 0.717) is 14.6 Å². The molecule has 0 atom stereocenters. The highest BCUT2D eigenvalue weighted by atomic mass is 35.5. The van der Waals surface area contributed by atoms with E-state index in [1.165, 1.54) is 28.4 Å². The first-order chi connectivity index (χ1) is 7.50. The van der Waals surface area contributed by atoms with Gasteiger partial charge in [-0.15, -0.1) is 11.3 Å². The lowest BCUT2D eigenvalue weighted by Crippen LogP contribution is -2.20. The fourth-order valence-corrected chi connectivity index (χ4v) is 2.94. The van der Waals surface area contributed by atoms with E-state index >= 15 is 0 Å². The fraction of sp³-hybridized carbons (Fsp3) is 0.182. The van der Waals surface area contributed by atoms with Crippen LogP contribution in [0.1, 0.15) is 9.67 Å². The first-order valence-electron chi connectivity index (χ1n) is 4.60. The van der Waals surface area contributed by atoms with Gasteiger partial charge in [-0.1, -0.05) is 11.6 Å². The van der Waals surface area contributed by atoms with E-state index in [4.69, 9.17) is 11.6 Å². The summed E-state index contributed by atoms with van der Waals surface area (Å²) in [5, 5.41) is 1.12. The standard InChI is InChI=1S/C11H9ClFNOS/c1-14(2)11(15)10-9(12)7-4-3-6(13)5-8(7)16-10/h3-5H,1-2H3. The van der Waals surface area contributed by atoms with Crippen LogP contribution < -0.4 is 0 Å². The topological polar surface area (TPSA) is 20.3 Å². The van der Waals surface area contributed by atoms with E-state index in [1.54, 1.807) is 20.2 Å². The molecule has 0 N–H and O–H groups in total. The van der Waals surface area contributed by atoms with Crippen molar-refractivity contribution in [2.24, 2.45) is 0 Å². The second-order valence-corrected chi connectivity index (χ2v) is 5.02. The highest BCUT2D eigenvalue weighted by Gasteiger charge is 2.18. The number of hydrogen-bond donors (Lipinski definition) is 0. The zero-order valence-corrected chi connectivity index (χ0v) is 10.3. The van der Waals surface area contributed by atoms with Crippen LogP contribution in [-0.2, 0) is 0 Å². The minimum absolute atomic E-state index is 0.161. The van der Waals surface area contributed by atoms with Crippen LogP contribution in [-0.4, -0.2) is 24.9 Å². The van der Waals surface area contributed by atoms with Crippen LogP contribution in [0.25, 0.3) is 10.1 Å². The first-order valence-corrected chi connectivity index (χ1v) is 5.79. The zero-order chi connectivity index (χ0) is 11.9. The number of amides is 1. The van der Waals surface area contributed by atoms with Crippen molar-refractivity contribution in [3.63, 3.8) is 0 Å². The quantitative estimate of drug-likeness (QED) is 0.767. The Kier molecular flexibility index (Phi) is 2.86. The Labute approximate surface area is 101 Å². The Bertz CT molecular complexity index is 564. The lowest BCUT2D eigenvalue weighted by Gasteiger charge is -2.07. The minimum atomic E-state index is -0.325. The number of nitrogens with zero attached hydrogens (tertiary/aromatic N) is 1. The van der Waals surface area contributed by atoms with Gasteiger partial charge in [0.05, 0.1) is 5.02 Å². The van der Waals surface area contributed by atoms with E-state index in [2.05, 4.69) is 0 Å². The highest BCUT2D eigenvalue weighted by molar-refractivity contribution is 7.21. The van der Waals surface area contributed by atoms with Gasteiger partial charge in [-0.3, -0.25) is 4.79 Å². The lowest BCUT2D eigenvalue weighted by atomic mass is 10.2. The van der Waals surface area contributed by atoms with Crippen LogP contribution in [0.5, 0.6) is 0 Å². The molecule has 0 fully saturated rings. The number of halogens is 2. The van der Waals surface area contributed by atoms with Gasteiger partial charge in [-0.05, 0) is 18.2 Å². The molecule has 0 aliphatic heterocycles. The normalized spacial score (nSPS) is 10.8. The molecule has 0 aliphatic rings. The van der Waals surface area contributed by atoms with Gasteiger partial charge in [0, 0.05) is 24.2 Å². The third-order valence-corrected chi connectivity index (χ3v) is 3.84. The SMILES string of the molecule is CN(C)C(=O)c1sc2cc(F)ccc2c1Cl. The van der Waals surface area contributed by atoms with Crippen LogP contribution in [0.4, 0.5) is 4.39 Å². The Morgan fingerprint density at radius 1 is 1.44 bits per heavy atom. The van der Waals surface area contributed by atoms with Gasteiger partial charge in [0.2, 0.25) is 0 Å². The molecule has 2 rings (SSSR count). The summed E-state index contributed by atoms with van der Waals surface area (Å²) >= 11 is 7.30. The second kappa shape index (κ2) is 4.03. The van der Waals surface area contributed by atoms with Crippen molar-refractivity contribution in [1.29, 1.82) is 0 Å². The third kappa shape index (κ3) is 1.79. The molecule has 0 saturated carbocycles. The van der Waals surface area contributed by atoms with Gasteiger partial charge in [0.1, 0.15) is 10.7 Å². The Morgan fingerprint density at radius 2 is 2.12 bits per heavy atom. The number of fused-ring (bicyclic) bond motifs is 1. The molecule has 0 saturated heterocycles. The Balaban J connectivity index is 2.64. The number of carbonyl (C=O) groups is 1. The van der Waals surface area contributed by atoms with Crippen molar-refractivity contribution >= 4 is 38.9 Å². The predicted octanol–water partition coefficient (Wildman–Crippen LogP) is 3.40. The molecule has 1 aromatic carbocycles.